The van der Waals surface area contributed by atoms with Crippen LogP contribution >= 0.6 is 0 Å². The number of anilines is 4. The summed E-state index contributed by atoms with van der Waals surface area (Å²) in [5, 5.41) is 3.20. The molecule has 94 valence electrons. The van der Waals surface area contributed by atoms with E-state index in [1.807, 2.05) is 43.3 Å². The molecule has 0 saturated carbocycles. The third-order valence-corrected chi connectivity index (χ3v) is 2.42. The van der Waals surface area contributed by atoms with Crippen LogP contribution in [-0.4, -0.2) is 24.1 Å². The van der Waals surface area contributed by atoms with E-state index < -0.39 is 0 Å². The highest BCUT2D eigenvalue weighted by Crippen LogP contribution is 2.20. The summed E-state index contributed by atoms with van der Waals surface area (Å²) in [7, 11) is 4.00. The number of rotatable bonds is 4. The van der Waals surface area contributed by atoms with Crippen LogP contribution in [0.4, 0.5) is 23.1 Å². The van der Waals surface area contributed by atoms with Crippen molar-refractivity contribution in [1.29, 1.82) is 0 Å². The average Bonchev–Trinajstić information content (AvgIpc) is 2.39. The minimum atomic E-state index is 0.378. The van der Waals surface area contributed by atoms with Gasteiger partial charge < -0.3 is 10.2 Å². The fourth-order valence-electron chi connectivity index (χ4n) is 1.51. The average molecular weight is 244 g/mol. The zero-order chi connectivity index (χ0) is 13.0. The Morgan fingerprint density at radius 1 is 1.22 bits per heavy atom. The van der Waals surface area contributed by atoms with Gasteiger partial charge in [0.15, 0.2) is 0 Å². The van der Waals surface area contributed by atoms with Gasteiger partial charge in [-0.25, -0.2) is 10.8 Å². The number of nitrogens with one attached hydrogen (secondary N) is 2. The van der Waals surface area contributed by atoms with Gasteiger partial charge in [0.1, 0.15) is 5.82 Å². The Hall–Kier alpha value is -2.34. The second kappa shape index (κ2) is 5.33. The van der Waals surface area contributed by atoms with Crippen molar-refractivity contribution in [2.24, 2.45) is 5.84 Å². The minimum absolute atomic E-state index is 0.378. The summed E-state index contributed by atoms with van der Waals surface area (Å²) >= 11 is 0. The Morgan fingerprint density at radius 3 is 2.78 bits per heavy atom. The second-order valence-corrected chi connectivity index (χ2v) is 3.98. The van der Waals surface area contributed by atoms with E-state index in [-0.39, 0.29) is 0 Å². The molecule has 1 heterocycles. The first kappa shape index (κ1) is 12.1. The lowest BCUT2D eigenvalue weighted by Gasteiger charge is -2.14. The van der Waals surface area contributed by atoms with Gasteiger partial charge in [0, 0.05) is 31.7 Å². The predicted octanol–water partition coefficient (Wildman–Crippen LogP) is 1.57. The van der Waals surface area contributed by atoms with Crippen LogP contribution < -0.4 is 21.5 Å². The second-order valence-electron chi connectivity index (χ2n) is 3.98. The van der Waals surface area contributed by atoms with Gasteiger partial charge in [-0.3, -0.25) is 5.43 Å². The molecule has 0 amide bonds. The number of hydrazine groups is 1. The molecule has 6 heteroatoms. The van der Waals surface area contributed by atoms with Crippen LogP contribution in [0.15, 0.2) is 36.5 Å². The predicted molar refractivity (Wildman–Crippen MR) is 73.9 cm³/mol. The Labute approximate surface area is 106 Å². The van der Waals surface area contributed by atoms with Crippen molar-refractivity contribution in [2.45, 2.75) is 0 Å². The topological polar surface area (TPSA) is 79.1 Å². The smallest absolute Gasteiger partial charge is 0.239 e. The molecule has 4 N–H and O–H groups in total. The van der Waals surface area contributed by atoms with Gasteiger partial charge in [-0.1, -0.05) is 6.07 Å². The van der Waals surface area contributed by atoms with Gasteiger partial charge in [-0.15, -0.1) is 0 Å². The zero-order valence-electron chi connectivity index (χ0n) is 10.4. The number of nitrogen functional groups attached to an aromatic ring is 1. The Balaban J connectivity index is 2.20. The minimum Gasteiger partial charge on any atom is -0.378 e. The highest BCUT2D eigenvalue weighted by Gasteiger charge is 2.00. The number of nitrogens with zero attached hydrogens (tertiary/aromatic N) is 3. The van der Waals surface area contributed by atoms with Crippen molar-refractivity contribution in [3.8, 4) is 0 Å². The lowest BCUT2D eigenvalue weighted by atomic mass is 10.2. The quantitative estimate of drug-likeness (QED) is 0.559. The van der Waals surface area contributed by atoms with E-state index in [1.54, 1.807) is 12.3 Å². The molecule has 0 aliphatic carbocycles. The van der Waals surface area contributed by atoms with E-state index in [2.05, 4.69) is 20.7 Å². The van der Waals surface area contributed by atoms with Gasteiger partial charge in [-0.05, 0) is 24.3 Å². The number of nitrogens with two attached hydrogens (primary N) is 1. The lowest BCUT2D eigenvalue weighted by Crippen LogP contribution is -2.11. The number of hydrogen-bond donors (Lipinski definition) is 3. The summed E-state index contributed by atoms with van der Waals surface area (Å²) in [6.07, 6.45) is 1.64. The van der Waals surface area contributed by atoms with Crippen LogP contribution in [0.1, 0.15) is 0 Å². The van der Waals surface area contributed by atoms with Crippen LogP contribution in [0.25, 0.3) is 0 Å². The molecule has 0 spiro atoms. The molecule has 1 aromatic heterocycles. The van der Waals surface area contributed by atoms with E-state index in [0.717, 1.165) is 11.4 Å². The molecule has 0 aliphatic heterocycles. The molecule has 0 fully saturated rings. The van der Waals surface area contributed by atoms with Crippen LogP contribution in [0.2, 0.25) is 0 Å². The van der Waals surface area contributed by atoms with E-state index in [1.165, 1.54) is 0 Å². The van der Waals surface area contributed by atoms with Gasteiger partial charge >= 0.3 is 0 Å². The Bertz CT molecular complexity index is 525. The molecule has 0 bridgehead atoms. The maximum atomic E-state index is 5.27. The van der Waals surface area contributed by atoms with Crippen LogP contribution in [0.5, 0.6) is 0 Å². The number of aromatic nitrogens is 2. The number of benzene rings is 1. The molecule has 0 atom stereocenters. The fourth-order valence-corrected chi connectivity index (χ4v) is 1.51. The van der Waals surface area contributed by atoms with Gasteiger partial charge in [0.25, 0.3) is 0 Å². The Kier molecular flexibility index (Phi) is 3.59. The summed E-state index contributed by atoms with van der Waals surface area (Å²) in [6.45, 7) is 0. The molecule has 2 rings (SSSR count). The van der Waals surface area contributed by atoms with E-state index in [9.17, 15) is 0 Å². The van der Waals surface area contributed by atoms with E-state index in [0.29, 0.717) is 11.8 Å². The standard InChI is InChI=1S/C12H16N6/c1-18(2)10-5-3-4-9(8-10)15-11-6-7-14-12(16-11)17-13/h3-8H,13H2,1-2H3,(H2,14,15,16,17). The Morgan fingerprint density at radius 2 is 2.06 bits per heavy atom. The van der Waals surface area contributed by atoms with Crippen molar-refractivity contribution >= 4 is 23.1 Å². The first-order chi connectivity index (χ1) is 8.69. The van der Waals surface area contributed by atoms with Gasteiger partial charge in [0.05, 0.1) is 0 Å². The maximum absolute atomic E-state index is 5.27. The summed E-state index contributed by atoms with van der Waals surface area (Å²) < 4.78 is 0. The van der Waals surface area contributed by atoms with Crippen molar-refractivity contribution in [3.05, 3.63) is 36.5 Å². The molecule has 0 radical (unpaired) electrons. The molecule has 1 aromatic carbocycles. The SMILES string of the molecule is CN(C)c1cccc(Nc2ccnc(NN)n2)c1. The normalized spacial score (nSPS) is 9.94. The third-order valence-electron chi connectivity index (χ3n) is 2.42. The van der Waals surface area contributed by atoms with E-state index in [4.69, 9.17) is 5.84 Å². The van der Waals surface area contributed by atoms with Crippen molar-refractivity contribution < 1.29 is 0 Å². The first-order valence-corrected chi connectivity index (χ1v) is 5.53. The molecule has 2 aromatic rings. The monoisotopic (exact) mass is 244 g/mol. The third kappa shape index (κ3) is 2.86. The van der Waals surface area contributed by atoms with Crippen molar-refractivity contribution in [1.82, 2.24) is 9.97 Å². The molecule has 0 unspecified atom stereocenters. The van der Waals surface area contributed by atoms with Crippen molar-refractivity contribution in [2.75, 3.05) is 29.7 Å². The molecule has 0 saturated heterocycles. The van der Waals surface area contributed by atoms with E-state index >= 15 is 0 Å². The van der Waals surface area contributed by atoms with Gasteiger partial charge in [0.2, 0.25) is 5.95 Å². The van der Waals surface area contributed by atoms with Crippen LogP contribution in [0.3, 0.4) is 0 Å². The van der Waals surface area contributed by atoms with Gasteiger partial charge in [-0.2, -0.15) is 4.98 Å². The largest absolute Gasteiger partial charge is 0.378 e. The van der Waals surface area contributed by atoms with Crippen LogP contribution in [0, 0.1) is 0 Å². The first-order valence-electron chi connectivity index (χ1n) is 5.53. The molecular weight excluding hydrogens is 228 g/mol. The zero-order valence-corrected chi connectivity index (χ0v) is 10.4. The molecular formula is C12H16N6. The fraction of sp³-hybridized carbons (Fsp3) is 0.167. The summed E-state index contributed by atoms with van der Waals surface area (Å²) in [5.41, 5.74) is 4.49. The molecule has 6 nitrogen and oxygen atoms in total. The summed E-state index contributed by atoms with van der Waals surface area (Å²) in [6, 6.07) is 9.82. The summed E-state index contributed by atoms with van der Waals surface area (Å²) in [5.74, 6) is 6.33. The number of hydrogen-bond acceptors (Lipinski definition) is 6. The highest BCUT2D eigenvalue weighted by molar-refractivity contribution is 5.63. The lowest BCUT2D eigenvalue weighted by molar-refractivity contribution is 1.11. The summed E-state index contributed by atoms with van der Waals surface area (Å²) in [4.78, 5) is 10.2. The molecule has 18 heavy (non-hydrogen) atoms. The maximum Gasteiger partial charge on any atom is 0.239 e. The molecule has 0 aliphatic rings. The van der Waals surface area contributed by atoms with Crippen molar-refractivity contribution in [3.63, 3.8) is 0 Å². The van der Waals surface area contributed by atoms with Crippen LogP contribution in [-0.2, 0) is 0 Å². The highest BCUT2D eigenvalue weighted by atomic mass is 15.3.